The molecule has 0 saturated carbocycles. The van der Waals surface area contributed by atoms with E-state index in [0.29, 0.717) is 16.4 Å². The van der Waals surface area contributed by atoms with Crippen LogP contribution < -0.4 is 14.4 Å². The Kier molecular flexibility index (Phi) is 6.13. The summed E-state index contributed by atoms with van der Waals surface area (Å²) in [7, 11) is -3.94. The molecule has 0 saturated heterocycles. The van der Waals surface area contributed by atoms with Crippen LogP contribution in [0.25, 0.3) is 0 Å². The van der Waals surface area contributed by atoms with Crippen LogP contribution in [0.2, 0.25) is 5.02 Å². The van der Waals surface area contributed by atoms with Gasteiger partial charge in [-0.15, -0.1) is 0 Å². The molecule has 0 aliphatic carbocycles. The molecular formula is C24H23ClN2O4S. The zero-order chi connectivity index (χ0) is 22.9. The number of nitrogens with one attached hydrogen (secondary N) is 1. The number of anilines is 2. The number of carbonyl (C=O) groups is 1. The normalized spacial score (nSPS) is 15.8. The predicted molar refractivity (Wildman–Crippen MR) is 126 cm³/mol. The van der Waals surface area contributed by atoms with Gasteiger partial charge in [-0.3, -0.25) is 9.10 Å². The van der Waals surface area contributed by atoms with Gasteiger partial charge in [0.2, 0.25) is 0 Å². The van der Waals surface area contributed by atoms with E-state index in [2.05, 4.69) is 5.32 Å². The second-order valence-electron chi connectivity index (χ2n) is 7.80. The number of halogens is 1. The second kappa shape index (κ2) is 8.84. The third kappa shape index (κ3) is 4.31. The third-order valence-electron chi connectivity index (χ3n) is 5.25. The zero-order valence-electron chi connectivity index (χ0n) is 17.7. The highest BCUT2D eigenvalue weighted by Crippen LogP contribution is 2.39. The molecule has 0 spiro atoms. The Labute approximate surface area is 192 Å². The fraction of sp³-hybridized carbons (Fsp3) is 0.208. The lowest BCUT2D eigenvalue weighted by atomic mass is 10.0. The fourth-order valence-electron chi connectivity index (χ4n) is 3.64. The molecule has 1 atom stereocenters. The molecule has 0 radical (unpaired) electrons. The Morgan fingerprint density at radius 3 is 2.47 bits per heavy atom. The van der Waals surface area contributed by atoms with Gasteiger partial charge in [-0.1, -0.05) is 61.8 Å². The van der Waals surface area contributed by atoms with E-state index >= 15 is 0 Å². The summed E-state index contributed by atoms with van der Waals surface area (Å²) in [5.41, 5.74) is 1.96. The molecule has 0 aromatic heterocycles. The standard InChI is InChI=1S/C24H23ClN2O4S/c1-16(2)19-10-6-7-11-20(19)26-24(28)23-15-27(21-14-17(25)12-13-22(21)31-23)32(29,30)18-8-4-3-5-9-18/h3-14,16,23H,15H2,1-2H3,(H,26,28)/t23-/m1/s1. The van der Waals surface area contributed by atoms with Crippen LogP contribution in [0.15, 0.2) is 77.7 Å². The summed E-state index contributed by atoms with van der Waals surface area (Å²) in [4.78, 5) is 13.3. The van der Waals surface area contributed by atoms with Gasteiger partial charge in [0.1, 0.15) is 5.75 Å². The second-order valence-corrected chi connectivity index (χ2v) is 10.1. The van der Waals surface area contributed by atoms with Crippen LogP contribution in [0, 0.1) is 0 Å². The van der Waals surface area contributed by atoms with Gasteiger partial charge in [0.25, 0.3) is 15.9 Å². The van der Waals surface area contributed by atoms with E-state index in [0.717, 1.165) is 5.56 Å². The lowest BCUT2D eigenvalue weighted by molar-refractivity contribution is -0.122. The van der Waals surface area contributed by atoms with E-state index in [9.17, 15) is 13.2 Å². The summed E-state index contributed by atoms with van der Waals surface area (Å²) >= 11 is 6.14. The maximum Gasteiger partial charge on any atom is 0.267 e. The minimum absolute atomic E-state index is 0.122. The van der Waals surface area contributed by atoms with E-state index in [1.54, 1.807) is 30.3 Å². The van der Waals surface area contributed by atoms with Gasteiger partial charge in [-0.2, -0.15) is 0 Å². The summed E-state index contributed by atoms with van der Waals surface area (Å²) in [6.07, 6.45) is -1.04. The van der Waals surface area contributed by atoms with Crippen LogP contribution in [0.4, 0.5) is 11.4 Å². The number of hydrogen-bond donors (Lipinski definition) is 1. The molecule has 1 amide bonds. The topological polar surface area (TPSA) is 75.7 Å². The van der Waals surface area contributed by atoms with Crippen molar-refractivity contribution < 1.29 is 17.9 Å². The maximum atomic E-state index is 13.4. The molecule has 1 N–H and O–H groups in total. The van der Waals surface area contributed by atoms with Crippen LogP contribution in [0.3, 0.4) is 0 Å². The van der Waals surface area contributed by atoms with Crippen LogP contribution in [0.1, 0.15) is 25.3 Å². The van der Waals surface area contributed by atoms with Crippen molar-refractivity contribution in [3.63, 3.8) is 0 Å². The van der Waals surface area contributed by atoms with Crippen molar-refractivity contribution >= 4 is 38.9 Å². The molecule has 0 bridgehead atoms. The Morgan fingerprint density at radius 2 is 1.75 bits per heavy atom. The highest BCUT2D eigenvalue weighted by atomic mass is 35.5. The molecular weight excluding hydrogens is 448 g/mol. The number of hydrogen-bond acceptors (Lipinski definition) is 4. The molecule has 1 aliphatic rings. The van der Waals surface area contributed by atoms with Crippen molar-refractivity contribution in [2.75, 3.05) is 16.2 Å². The molecule has 6 nitrogen and oxygen atoms in total. The molecule has 32 heavy (non-hydrogen) atoms. The number of fused-ring (bicyclic) bond motifs is 1. The maximum absolute atomic E-state index is 13.4. The van der Waals surface area contributed by atoms with Gasteiger partial charge < -0.3 is 10.1 Å². The summed E-state index contributed by atoms with van der Waals surface area (Å²) in [5.74, 6) is 0.0565. The molecule has 166 valence electrons. The molecule has 3 aromatic rings. The Hall–Kier alpha value is -3.03. The van der Waals surface area contributed by atoms with E-state index in [-0.39, 0.29) is 23.1 Å². The van der Waals surface area contributed by atoms with E-state index in [1.807, 2.05) is 38.1 Å². The Balaban J connectivity index is 1.69. The van der Waals surface area contributed by atoms with Crippen molar-refractivity contribution in [3.8, 4) is 5.75 Å². The van der Waals surface area contributed by atoms with Gasteiger partial charge in [0.05, 0.1) is 17.1 Å². The van der Waals surface area contributed by atoms with Crippen LogP contribution in [0.5, 0.6) is 5.75 Å². The molecule has 3 aromatic carbocycles. The van der Waals surface area contributed by atoms with Crippen molar-refractivity contribution in [1.29, 1.82) is 0 Å². The monoisotopic (exact) mass is 470 g/mol. The molecule has 1 heterocycles. The van der Waals surface area contributed by atoms with Crippen molar-refractivity contribution in [3.05, 3.63) is 83.4 Å². The third-order valence-corrected chi connectivity index (χ3v) is 7.28. The minimum atomic E-state index is -3.94. The van der Waals surface area contributed by atoms with Crippen LogP contribution >= 0.6 is 11.6 Å². The molecule has 4 rings (SSSR count). The number of para-hydroxylation sites is 1. The first-order valence-electron chi connectivity index (χ1n) is 10.2. The number of sulfonamides is 1. The average molecular weight is 471 g/mol. The first-order valence-corrected chi connectivity index (χ1v) is 12.0. The van der Waals surface area contributed by atoms with Crippen LogP contribution in [-0.4, -0.2) is 27.0 Å². The van der Waals surface area contributed by atoms with Gasteiger partial charge in [0.15, 0.2) is 6.10 Å². The van der Waals surface area contributed by atoms with E-state index in [1.165, 1.54) is 22.5 Å². The predicted octanol–water partition coefficient (Wildman–Crippen LogP) is 5.06. The number of carbonyl (C=O) groups excluding carboxylic acids is 1. The highest BCUT2D eigenvalue weighted by Gasteiger charge is 2.38. The molecule has 1 aliphatic heterocycles. The van der Waals surface area contributed by atoms with Crippen molar-refractivity contribution in [2.45, 2.75) is 30.8 Å². The lowest BCUT2D eigenvalue weighted by Crippen LogP contribution is -2.48. The summed E-state index contributed by atoms with van der Waals surface area (Å²) in [5, 5.41) is 3.27. The number of benzene rings is 3. The van der Waals surface area contributed by atoms with Crippen molar-refractivity contribution in [2.24, 2.45) is 0 Å². The number of ether oxygens (including phenoxy) is 1. The Morgan fingerprint density at radius 1 is 1.06 bits per heavy atom. The zero-order valence-corrected chi connectivity index (χ0v) is 19.2. The SMILES string of the molecule is CC(C)c1ccccc1NC(=O)[C@H]1CN(S(=O)(=O)c2ccccc2)c2cc(Cl)ccc2O1. The average Bonchev–Trinajstić information content (AvgIpc) is 2.79. The number of nitrogens with zero attached hydrogens (tertiary/aromatic N) is 1. The van der Waals surface area contributed by atoms with Crippen molar-refractivity contribution in [1.82, 2.24) is 0 Å². The van der Waals surface area contributed by atoms with Crippen LogP contribution in [-0.2, 0) is 14.8 Å². The quantitative estimate of drug-likeness (QED) is 0.565. The first-order chi connectivity index (χ1) is 15.3. The minimum Gasteiger partial charge on any atom is -0.476 e. The first kappa shape index (κ1) is 22.2. The van der Waals surface area contributed by atoms with E-state index in [4.69, 9.17) is 16.3 Å². The summed E-state index contributed by atoms with van der Waals surface area (Å²) in [6, 6.07) is 20.3. The Bertz CT molecular complexity index is 1250. The van der Waals surface area contributed by atoms with Gasteiger partial charge in [-0.25, -0.2) is 8.42 Å². The number of amides is 1. The largest absolute Gasteiger partial charge is 0.476 e. The lowest BCUT2D eigenvalue weighted by Gasteiger charge is -2.35. The summed E-state index contributed by atoms with van der Waals surface area (Å²) < 4.78 is 33.9. The van der Waals surface area contributed by atoms with Gasteiger partial charge in [-0.05, 0) is 47.9 Å². The fourth-order valence-corrected chi connectivity index (χ4v) is 5.29. The summed E-state index contributed by atoms with van der Waals surface area (Å²) in [6.45, 7) is 3.90. The smallest absolute Gasteiger partial charge is 0.267 e. The van der Waals surface area contributed by atoms with Gasteiger partial charge >= 0.3 is 0 Å². The van der Waals surface area contributed by atoms with Gasteiger partial charge in [0, 0.05) is 10.7 Å². The molecule has 0 unspecified atom stereocenters. The van der Waals surface area contributed by atoms with E-state index < -0.39 is 22.0 Å². The number of rotatable bonds is 5. The highest BCUT2D eigenvalue weighted by molar-refractivity contribution is 7.92. The molecule has 0 fully saturated rings. The molecule has 8 heteroatoms.